The van der Waals surface area contributed by atoms with Crippen LogP contribution in [0, 0.1) is 0 Å². The van der Waals surface area contributed by atoms with Gasteiger partial charge in [-0.1, -0.05) is 0 Å². The maximum atomic E-state index is 10.6. The van der Waals surface area contributed by atoms with Gasteiger partial charge < -0.3 is 16.6 Å². The summed E-state index contributed by atoms with van der Waals surface area (Å²) in [7, 11) is 0. The van der Waals surface area contributed by atoms with Crippen LogP contribution in [0.2, 0.25) is 0 Å². The number of aromatic nitrogens is 2. The van der Waals surface area contributed by atoms with E-state index < -0.39 is 12.1 Å². The number of aliphatic imine (C=N–C) groups is 1. The largest absolute Gasteiger partial charge is 0.490 e. The highest BCUT2D eigenvalue weighted by Crippen LogP contribution is 2.13. The summed E-state index contributed by atoms with van der Waals surface area (Å²) in [6, 6.07) is 0. The molecule has 7 nitrogen and oxygen atoms in total. The summed E-state index contributed by atoms with van der Waals surface area (Å²) in [6.45, 7) is 0. The van der Waals surface area contributed by atoms with Gasteiger partial charge in [0.25, 0.3) is 0 Å². The lowest BCUT2D eigenvalue weighted by Crippen LogP contribution is -2.22. The number of halogens is 3. The van der Waals surface area contributed by atoms with Gasteiger partial charge in [-0.2, -0.15) is 18.2 Å². The Morgan fingerprint density at radius 1 is 1.35 bits per heavy atom. The summed E-state index contributed by atoms with van der Waals surface area (Å²) in [5.41, 5.74) is 10.2. The predicted octanol–water partition coefficient (Wildman–Crippen LogP) is 0.0148. The van der Waals surface area contributed by atoms with E-state index in [1.54, 1.807) is 6.20 Å². The number of carboxylic acids is 1. The first-order valence-electron chi connectivity index (χ1n) is 3.89. The van der Waals surface area contributed by atoms with E-state index in [1.165, 1.54) is 12.4 Å². The third-order valence-electron chi connectivity index (χ3n) is 1.04. The van der Waals surface area contributed by atoms with E-state index in [0.29, 0.717) is 5.82 Å². The number of alkyl halides is 3. The van der Waals surface area contributed by atoms with Crippen LogP contribution in [0.5, 0.6) is 0 Å². The minimum Gasteiger partial charge on any atom is -0.475 e. The maximum Gasteiger partial charge on any atom is 0.490 e. The molecule has 94 valence electrons. The van der Waals surface area contributed by atoms with Gasteiger partial charge in [-0.3, -0.25) is 4.98 Å². The zero-order valence-corrected chi connectivity index (χ0v) is 8.22. The van der Waals surface area contributed by atoms with E-state index in [-0.39, 0.29) is 5.96 Å². The number of hydrogen-bond acceptors (Lipinski definition) is 4. The summed E-state index contributed by atoms with van der Waals surface area (Å²) in [4.78, 5) is 20.1. The number of hydrogen-bond donors (Lipinski definition) is 3. The summed E-state index contributed by atoms with van der Waals surface area (Å²) < 4.78 is 31.7. The van der Waals surface area contributed by atoms with Crippen molar-refractivity contribution in [3.8, 4) is 0 Å². The van der Waals surface area contributed by atoms with Gasteiger partial charge in [-0.15, -0.1) is 0 Å². The second-order valence-electron chi connectivity index (χ2n) is 2.40. The Hall–Kier alpha value is -2.39. The Balaban J connectivity index is 0.000000325. The van der Waals surface area contributed by atoms with Crippen LogP contribution in [0.1, 0.15) is 0 Å². The van der Waals surface area contributed by atoms with Crippen LogP contribution < -0.4 is 11.5 Å². The van der Waals surface area contributed by atoms with Crippen molar-refractivity contribution < 1.29 is 23.1 Å². The van der Waals surface area contributed by atoms with Crippen molar-refractivity contribution in [1.82, 2.24) is 9.97 Å². The lowest BCUT2D eigenvalue weighted by atomic mass is 10.7. The van der Waals surface area contributed by atoms with Gasteiger partial charge in [-0.25, -0.2) is 9.78 Å². The van der Waals surface area contributed by atoms with E-state index in [1.807, 2.05) is 0 Å². The highest BCUT2D eigenvalue weighted by Gasteiger charge is 2.38. The molecule has 0 saturated carbocycles. The number of carbonyl (C=O) groups is 1. The topological polar surface area (TPSA) is 127 Å². The van der Waals surface area contributed by atoms with Crippen LogP contribution in [0.4, 0.5) is 19.0 Å². The number of nitrogens with zero attached hydrogens (tertiary/aromatic N) is 3. The molecular formula is C7H8F3N5O2. The lowest BCUT2D eigenvalue weighted by Gasteiger charge is -1.93. The van der Waals surface area contributed by atoms with Crippen molar-refractivity contribution in [1.29, 1.82) is 0 Å². The van der Waals surface area contributed by atoms with Gasteiger partial charge in [0, 0.05) is 12.4 Å². The fourth-order valence-electron chi connectivity index (χ4n) is 0.481. The maximum absolute atomic E-state index is 10.6. The molecule has 0 bridgehead atoms. The highest BCUT2D eigenvalue weighted by molar-refractivity contribution is 5.78. The number of aliphatic carboxylic acids is 1. The Labute approximate surface area is 93.0 Å². The number of carboxylic acid groups (broad SMARTS) is 1. The number of guanidine groups is 1. The van der Waals surface area contributed by atoms with Crippen molar-refractivity contribution in [2.24, 2.45) is 16.5 Å². The predicted molar refractivity (Wildman–Crippen MR) is 51.2 cm³/mol. The average molecular weight is 251 g/mol. The smallest absolute Gasteiger partial charge is 0.475 e. The second kappa shape index (κ2) is 6.25. The van der Waals surface area contributed by atoms with E-state index >= 15 is 0 Å². The molecule has 1 aromatic heterocycles. The molecule has 1 aromatic rings. The highest BCUT2D eigenvalue weighted by atomic mass is 19.4. The van der Waals surface area contributed by atoms with Gasteiger partial charge in [-0.05, 0) is 0 Å². The van der Waals surface area contributed by atoms with Gasteiger partial charge in [0.1, 0.15) is 0 Å². The first-order chi connectivity index (χ1) is 7.73. The minimum absolute atomic E-state index is 0.0134. The van der Waals surface area contributed by atoms with Gasteiger partial charge in [0.05, 0.1) is 6.20 Å². The molecule has 0 atom stereocenters. The summed E-state index contributed by atoms with van der Waals surface area (Å²) in [6.07, 6.45) is -0.548. The normalized spacial score (nSPS) is 9.82. The van der Waals surface area contributed by atoms with E-state index in [9.17, 15) is 13.2 Å². The molecule has 0 aliphatic carbocycles. The molecule has 0 aromatic carbocycles. The monoisotopic (exact) mass is 251 g/mol. The molecule has 0 aliphatic rings. The van der Waals surface area contributed by atoms with E-state index in [0.717, 1.165) is 0 Å². The molecule has 5 N–H and O–H groups in total. The summed E-state index contributed by atoms with van der Waals surface area (Å²) in [5, 5.41) is 7.12. The quantitative estimate of drug-likeness (QED) is 0.476. The van der Waals surface area contributed by atoms with Crippen LogP contribution >= 0.6 is 0 Å². The van der Waals surface area contributed by atoms with Crippen molar-refractivity contribution >= 4 is 17.7 Å². The van der Waals surface area contributed by atoms with E-state index in [2.05, 4.69) is 15.0 Å². The molecule has 1 rings (SSSR count). The Morgan fingerprint density at radius 3 is 2.18 bits per heavy atom. The van der Waals surface area contributed by atoms with Crippen molar-refractivity contribution in [2.45, 2.75) is 6.18 Å². The van der Waals surface area contributed by atoms with Crippen molar-refractivity contribution in [2.75, 3.05) is 0 Å². The fraction of sp³-hybridized carbons (Fsp3) is 0.143. The second-order valence-corrected chi connectivity index (χ2v) is 2.40. The fourth-order valence-corrected chi connectivity index (χ4v) is 0.481. The van der Waals surface area contributed by atoms with Crippen LogP contribution in [0.15, 0.2) is 23.6 Å². The van der Waals surface area contributed by atoms with Crippen LogP contribution in [-0.2, 0) is 4.79 Å². The van der Waals surface area contributed by atoms with E-state index in [4.69, 9.17) is 21.4 Å². The van der Waals surface area contributed by atoms with Gasteiger partial charge >= 0.3 is 12.1 Å². The Bertz CT molecular complexity index is 388. The summed E-state index contributed by atoms with van der Waals surface area (Å²) >= 11 is 0. The zero-order valence-electron chi connectivity index (χ0n) is 8.22. The zero-order chi connectivity index (χ0) is 13.5. The standard InChI is InChI=1S/C5H7N5.C2HF3O2/c6-5(7)10-4-3-8-1-2-9-4;3-2(4,5)1(6)7/h1-3H,(H4,6,7,9,10);(H,6,7). The van der Waals surface area contributed by atoms with Crippen LogP contribution in [0.3, 0.4) is 0 Å². The average Bonchev–Trinajstić information content (AvgIpc) is 2.17. The molecular weight excluding hydrogens is 243 g/mol. The third kappa shape index (κ3) is 7.53. The first kappa shape index (κ1) is 14.6. The van der Waals surface area contributed by atoms with Gasteiger partial charge in [0.15, 0.2) is 11.8 Å². The molecule has 0 radical (unpaired) electrons. The summed E-state index contributed by atoms with van der Waals surface area (Å²) in [5.74, 6) is -2.35. The first-order valence-corrected chi connectivity index (χ1v) is 3.89. The third-order valence-corrected chi connectivity index (χ3v) is 1.04. The molecule has 1 heterocycles. The molecule has 0 fully saturated rings. The van der Waals surface area contributed by atoms with Crippen molar-refractivity contribution in [3.05, 3.63) is 18.6 Å². The molecule has 0 aliphatic heterocycles. The lowest BCUT2D eigenvalue weighted by molar-refractivity contribution is -0.192. The van der Waals surface area contributed by atoms with Gasteiger partial charge in [0.2, 0.25) is 0 Å². The Kier molecular flexibility index (Phi) is 5.37. The molecule has 0 amide bonds. The molecule has 0 saturated heterocycles. The molecule has 0 unspecified atom stereocenters. The Morgan fingerprint density at radius 2 is 1.88 bits per heavy atom. The minimum atomic E-state index is -5.08. The number of rotatable bonds is 1. The van der Waals surface area contributed by atoms with Crippen molar-refractivity contribution in [3.63, 3.8) is 0 Å². The SMILES string of the molecule is NC(N)=Nc1cnccn1.O=C(O)C(F)(F)F. The molecule has 0 spiro atoms. The van der Waals surface area contributed by atoms with Crippen LogP contribution in [0.25, 0.3) is 0 Å². The molecule has 10 heteroatoms. The number of nitrogens with two attached hydrogens (primary N) is 2. The molecule has 17 heavy (non-hydrogen) atoms. The van der Waals surface area contributed by atoms with Crippen LogP contribution in [-0.4, -0.2) is 33.2 Å².